The lowest BCUT2D eigenvalue weighted by atomic mass is 9.98. The Morgan fingerprint density at radius 3 is 2.35 bits per heavy atom. The highest BCUT2D eigenvalue weighted by Gasteiger charge is 2.37. The fraction of sp³-hybridized carbons (Fsp3) is 0.333. The van der Waals surface area contributed by atoms with Gasteiger partial charge < -0.3 is 9.47 Å². The number of methoxy groups -OCH3 is 1. The van der Waals surface area contributed by atoms with Crippen molar-refractivity contribution in [3.63, 3.8) is 0 Å². The third-order valence-corrected chi connectivity index (χ3v) is 5.32. The van der Waals surface area contributed by atoms with Crippen LogP contribution in [-0.4, -0.2) is 43.4 Å². The molecule has 0 bridgehead atoms. The monoisotopic (exact) mass is 348 g/mol. The summed E-state index contributed by atoms with van der Waals surface area (Å²) in [5.41, 5.74) is 4.74. The van der Waals surface area contributed by atoms with Gasteiger partial charge in [-0.2, -0.15) is 5.26 Å². The van der Waals surface area contributed by atoms with Gasteiger partial charge in [0, 0.05) is 19.4 Å². The molecule has 2 aromatic rings. The molecule has 1 amide bonds. The fourth-order valence-electron chi connectivity index (χ4n) is 3.97. The van der Waals surface area contributed by atoms with Crippen LogP contribution in [0.4, 0.5) is 4.79 Å². The normalized spacial score (nSPS) is 21.2. The zero-order valence-electron chi connectivity index (χ0n) is 14.6. The van der Waals surface area contributed by atoms with Gasteiger partial charge in [0.15, 0.2) is 0 Å². The maximum atomic E-state index is 12.6. The van der Waals surface area contributed by atoms with E-state index in [0.717, 1.165) is 0 Å². The zero-order valence-corrected chi connectivity index (χ0v) is 14.6. The van der Waals surface area contributed by atoms with Crippen LogP contribution in [0.25, 0.3) is 11.1 Å². The standard InChI is InChI=1S/C21H20N2O3/c1-25-15-10-14(11-22)23(12-15)21(24)26-13-20-18-8-4-2-6-16(18)17-7-3-5-9-19(17)20/h2-9,14-15,20H,10,12-13H2,1H3. The average molecular weight is 348 g/mol. The summed E-state index contributed by atoms with van der Waals surface area (Å²) in [4.78, 5) is 14.0. The molecule has 5 nitrogen and oxygen atoms in total. The number of nitriles is 1. The second-order valence-electron chi connectivity index (χ2n) is 6.69. The lowest BCUT2D eigenvalue weighted by molar-refractivity contribution is 0.0850. The van der Waals surface area contributed by atoms with Gasteiger partial charge in [0.2, 0.25) is 0 Å². The lowest BCUT2D eigenvalue weighted by Crippen LogP contribution is -2.36. The number of hydrogen-bond donors (Lipinski definition) is 0. The van der Waals surface area contributed by atoms with E-state index in [1.807, 2.05) is 24.3 Å². The van der Waals surface area contributed by atoms with Crippen LogP contribution >= 0.6 is 0 Å². The maximum Gasteiger partial charge on any atom is 0.410 e. The number of carbonyl (C=O) groups excluding carboxylic acids is 1. The number of hydrogen-bond acceptors (Lipinski definition) is 4. The summed E-state index contributed by atoms with van der Waals surface area (Å²) in [6.07, 6.45) is -0.0323. The number of nitrogens with zero attached hydrogens (tertiary/aromatic N) is 2. The van der Waals surface area contributed by atoms with Crippen molar-refractivity contribution in [2.75, 3.05) is 20.3 Å². The molecule has 0 saturated carbocycles. The Kier molecular flexibility index (Phi) is 4.36. The predicted octanol–water partition coefficient (Wildman–Crippen LogP) is 3.55. The Hall–Kier alpha value is -2.84. The summed E-state index contributed by atoms with van der Waals surface area (Å²) in [5.74, 6) is 0.0210. The molecule has 4 rings (SSSR count). The van der Waals surface area contributed by atoms with Crippen molar-refractivity contribution in [3.8, 4) is 17.2 Å². The first kappa shape index (κ1) is 16.6. The van der Waals surface area contributed by atoms with Crippen molar-refractivity contribution in [2.24, 2.45) is 0 Å². The molecule has 26 heavy (non-hydrogen) atoms. The van der Waals surface area contributed by atoms with Gasteiger partial charge in [0.05, 0.1) is 18.7 Å². The maximum absolute atomic E-state index is 12.6. The first-order valence-corrected chi connectivity index (χ1v) is 8.77. The number of carbonyl (C=O) groups is 1. The number of ether oxygens (including phenoxy) is 2. The average Bonchev–Trinajstić information content (AvgIpc) is 3.25. The lowest BCUT2D eigenvalue weighted by Gasteiger charge is -2.21. The molecule has 0 radical (unpaired) electrons. The Labute approximate surface area is 152 Å². The van der Waals surface area contributed by atoms with Gasteiger partial charge in [0.1, 0.15) is 12.6 Å². The van der Waals surface area contributed by atoms with E-state index in [-0.39, 0.29) is 18.6 Å². The van der Waals surface area contributed by atoms with Crippen molar-refractivity contribution < 1.29 is 14.3 Å². The molecule has 1 heterocycles. The van der Waals surface area contributed by atoms with Crippen molar-refractivity contribution >= 4 is 6.09 Å². The zero-order chi connectivity index (χ0) is 18.1. The summed E-state index contributed by atoms with van der Waals surface area (Å²) < 4.78 is 10.9. The highest BCUT2D eigenvalue weighted by molar-refractivity contribution is 5.79. The molecule has 0 spiro atoms. The molecule has 132 valence electrons. The van der Waals surface area contributed by atoms with Crippen LogP contribution in [0.1, 0.15) is 23.5 Å². The third-order valence-electron chi connectivity index (χ3n) is 5.32. The van der Waals surface area contributed by atoms with E-state index >= 15 is 0 Å². The van der Waals surface area contributed by atoms with Crippen LogP contribution in [0.3, 0.4) is 0 Å². The summed E-state index contributed by atoms with van der Waals surface area (Å²) in [6.45, 7) is 0.657. The molecule has 0 aromatic heterocycles. The molecule has 2 aliphatic rings. The van der Waals surface area contributed by atoms with Crippen LogP contribution in [-0.2, 0) is 9.47 Å². The SMILES string of the molecule is COC1CC(C#N)N(C(=O)OCC2c3ccccc3-c3ccccc32)C1. The Morgan fingerprint density at radius 2 is 1.77 bits per heavy atom. The summed E-state index contributed by atoms with van der Waals surface area (Å²) in [6, 6.07) is 18.1. The van der Waals surface area contributed by atoms with E-state index in [9.17, 15) is 10.1 Å². The quantitative estimate of drug-likeness (QED) is 0.851. The minimum atomic E-state index is -0.490. The molecule has 2 unspecified atom stereocenters. The van der Waals surface area contributed by atoms with Crippen molar-refractivity contribution in [2.45, 2.75) is 24.5 Å². The first-order chi connectivity index (χ1) is 12.7. The first-order valence-electron chi connectivity index (χ1n) is 8.77. The molecular formula is C21H20N2O3. The second-order valence-corrected chi connectivity index (χ2v) is 6.69. The summed E-state index contributed by atoms with van der Waals surface area (Å²) >= 11 is 0. The second kappa shape index (κ2) is 6.81. The Bertz CT molecular complexity index is 828. The fourth-order valence-corrected chi connectivity index (χ4v) is 3.97. The third kappa shape index (κ3) is 2.73. The summed E-state index contributed by atoms with van der Waals surface area (Å²) in [5, 5.41) is 9.28. The number of amides is 1. The van der Waals surface area contributed by atoms with Crippen molar-refractivity contribution in [3.05, 3.63) is 59.7 Å². The van der Waals surface area contributed by atoms with Crippen LogP contribution < -0.4 is 0 Å². The molecule has 5 heteroatoms. The van der Waals surface area contributed by atoms with E-state index in [2.05, 4.69) is 30.3 Å². The summed E-state index contributed by atoms with van der Waals surface area (Å²) in [7, 11) is 1.60. The molecule has 1 fully saturated rings. The van der Waals surface area contributed by atoms with E-state index in [1.165, 1.54) is 27.2 Å². The van der Waals surface area contributed by atoms with Gasteiger partial charge in [-0.25, -0.2) is 4.79 Å². The highest BCUT2D eigenvalue weighted by Crippen LogP contribution is 2.44. The van der Waals surface area contributed by atoms with Crippen LogP contribution in [0.2, 0.25) is 0 Å². The van der Waals surface area contributed by atoms with Gasteiger partial charge in [-0.3, -0.25) is 4.90 Å². The highest BCUT2D eigenvalue weighted by atomic mass is 16.6. The minimum absolute atomic E-state index is 0.0210. The van der Waals surface area contributed by atoms with Gasteiger partial charge >= 0.3 is 6.09 Å². The molecule has 2 aromatic carbocycles. The molecule has 2 atom stereocenters. The molecule has 0 N–H and O–H groups in total. The van der Waals surface area contributed by atoms with Gasteiger partial charge in [-0.15, -0.1) is 0 Å². The van der Waals surface area contributed by atoms with Crippen molar-refractivity contribution in [1.82, 2.24) is 4.90 Å². The predicted molar refractivity (Wildman–Crippen MR) is 96.6 cm³/mol. The van der Waals surface area contributed by atoms with E-state index in [1.54, 1.807) is 7.11 Å². The van der Waals surface area contributed by atoms with Gasteiger partial charge in [-0.1, -0.05) is 48.5 Å². The molecule has 1 aliphatic heterocycles. The minimum Gasteiger partial charge on any atom is -0.448 e. The Morgan fingerprint density at radius 1 is 1.15 bits per heavy atom. The molecule has 1 aliphatic carbocycles. The van der Waals surface area contributed by atoms with E-state index in [4.69, 9.17) is 9.47 Å². The number of rotatable bonds is 3. The topological polar surface area (TPSA) is 62.6 Å². The number of likely N-dealkylation sites (tertiary alicyclic amines) is 1. The number of fused-ring (bicyclic) bond motifs is 3. The molecule has 1 saturated heterocycles. The molecular weight excluding hydrogens is 328 g/mol. The van der Waals surface area contributed by atoms with E-state index in [0.29, 0.717) is 13.0 Å². The van der Waals surface area contributed by atoms with Crippen molar-refractivity contribution in [1.29, 1.82) is 5.26 Å². The smallest absolute Gasteiger partial charge is 0.410 e. The van der Waals surface area contributed by atoms with Gasteiger partial charge in [0.25, 0.3) is 0 Å². The van der Waals surface area contributed by atoms with Crippen LogP contribution in [0.5, 0.6) is 0 Å². The van der Waals surface area contributed by atoms with E-state index < -0.39 is 12.1 Å². The van der Waals surface area contributed by atoms with Gasteiger partial charge in [-0.05, 0) is 22.3 Å². The number of benzene rings is 2. The Balaban J connectivity index is 1.52. The largest absolute Gasteiger partial charge is 0.448 e. The van der Waals surface area contributed by atoms with Crippen LogP contribution in [0.15, 0.2) is 48.5 Å². The van der Waals surface area contributed by atoms with Crippen LogP contribution in [0, 0.1) is 11.3 Å².